The van der Waals surface area contributed by atoms with Crippen molar-refractivity contribution in [2.45, 2.75) is 25.8 Å². The molecule has 1 aromatic heterocycles. The molecular formula is C10H16BrNOS. The maximum atomic E-state index is 5.92. The van der Waals surface area contributed by atoms with Crippen molar-refractivity contribution in [3.63, 3.8) is 0 Å². The number of rotatable bonds is 6. The van der Waals surface area contributed by atoms with Gasteiger partial charge in [0, 0.05) is 27.4 Å². The Balaban J connectivity index is 2.23. The van der Waals surface area contributed by atoms with Crippen molar-refractivity contribution in [1.29, 1.82) is 0 Å². The van der Waals surface area contributed by atoms with Crippen LogP contribution >= 0.6 is 27.3 Å². The molecule has 14 heavy (non-hydrogen) atoms. The zero-order valence-electron chi connectivity index (χ0n) is 8.33. The van der Waals surface area contributed by atoms with Crippen LogP contribution < -0.4 is 5.73 Å². The van der Waals surface area contributed by atoms with Crippen LogP contribution in [0.15, 0.2) is 15.9 Å². The maximum absolute atomic E-state index is 5.92. The molecule has 1 aromatic rings. The van der Waals surface area contributed by atoms with Crippen molar-refractivity contribution in [3.8, 4) is 0 Å². The van der Waals surface area contributed by atoms with Crippen molar-refractivity contribution in [2.75, 3.05) is 13.2 Å². The second kappa shape index (κ2) is 6.56. The zero-order valence-corrected chi connectivity index (χ0v) is 10.7. The molecule has 0 aliphatic heterocycles. The zero-order chi connectivity index (χ0) is 10.4. The highest BCUT2D eigenvalue weighted by molar-refractivity contribution is 9.10. The summed E-state index contributed by atoms with van der Waals surface area (Å²) < 4.78 is 6.53. The standard InChI is InChI=1S/C10H16BrNOS/c1-2-3-13-6-9(12)5-10-4-8(11)7-14-10/h4,7,9H,2-3,5-6,12H2,1H3. The molecule has 2 N–H and O–H groups in total. The summed E-state index contributed by atoms with van der Waals surface area (Å²) in [5, 5.41) is 2.08. The van der Waals surface area contributed by atoms with E-state index in [2.05, 4.69) is 34.3 Å². The Hall–Kier alpha value is 0.1000. The summed E-state index contributed by atoms with van der Waals surface area (Å²) in [5.41, 5.74) is 5.92. The average molecular weight is 278 g/mol. The van der Waals surface area contributed by atoms with Crippen molar-refractivity contribution >= 4 is 27.3 Å². The second-order valence-electron chi connectivity index (χ2n) is 3.27. The summed E-state index contributed by atoms with van der Waals surface area (Å²) in [6.07, 6.45) is 1.96. The Morgan fingerprint density at radius 2 is 2.43 bits per heavy atom. The summed E-state index contributed by atoms with van der Waals surface area (Å²) in [6, 6.07) is 2.23. The SMILES string of the molecule is CCCOCC(N)Cc1cc(Br)cs1. The van der Waals surface area contributed by atoms with Gasteiger partial charge in [0.25, 0.3) is 0 Å². The van der Waals surface area contributed by atoms with Gasteiger partial charge >= 0.3 is 0 Å². The lowest BCUT2D eigenvalue weighted by Crippen LogP contribution is -2.28. The monoisotopic (exact) mass is 277 g/mol. The molecule has 1 atom stereocenters. The minimum Gasteiger partial charge on any atom is -0.380 e. The molecule has 1 heterocycles. The van der Waals surface area contributed by atoms with Gasteiger partial charge in [0.05, 0.1) is 6.61 Å². The Bertz CT molecular complexity index is 264. The summed E-state index contributed by atoms with van der Waals surface area (Å²) in [5.74, 6) is 0. The van der Waals surface area contributed by atoms with Crippen molar-refractivity contribution in [2.24, 2.45) is 5.73 Å². The first kappa shape index (κ1) is 12.2. The van der Waals surface area contributed by atoms with E-state index in [4.69, 9.17) is 10.5 Å². The minimum absolute atomic E-state index is 0.118. The molecule has 0 aromatic carbocycles. The Labute approximate surface area is 97.6 Å². The molecule has 0 saturated carbocycles. The molecule has 0 radical (unpaired) electrons. The van der Waals surface area contributed by atoms with Crippen LogP contribution in [-0.4, -0.2) is 19.3 Å². The van der Waals surface area contributed by atoms with E-state index >= 15 is 0 Å². The van der Waals surface area contributed by atoms with Gasteiger partial charge in [-0.15, -0.1) is 11.3 Å². The normalized spacial score (nSPS) is 13.1. The van der Waals surface area contributed by atoms with E-state index < -0.39 is 0 Å². The fourth-order valence-electron chi connectivity index (χ4n) is 1.16. The van der Waals surface area contributed by atoms with Crippen LogP contribution in [0.25, 0.3) is 0 Å². The Morgan fingerprint density at radius 1 is 1.64 bits per heavy atom. The van der Waals surface area contributed by atoms with Crippen molar-refractivity contribution in [3.05, 3.63) is 20.8 Å². The highest BCUT2D eigenvalue weighted by Gasteiger charge is 2.05. The maximum Gasteiger partial charge on any atom is 0.0621 e. The molecule has 1 rings (SSSR count). The topological polar surface area (TPSA) is 35.2 Å². The van der Waals surface area contributed by atoms with Crippen LogP contribution in [0.3, 0.4) is 0 Å². The van der Waals surface area contributed by atoms with Gasteiger partial charge in [0.15, 0.2) is 0 Å². The number of halogens is 1. The van der Waals surface area contributed by atoms with Gasteiger partial charge in [0.2, 0.25) is 0 Å². The lowest BCUT2D eigenvalue weighted by Gasteiger charge is -2.10. The third-order valence-corrected chi connectivity index (χ3v) is 3.49. The molecule has 80 valence electrons. The lowest BCUT2D eigenvalue weighted by atomic mass is 10.2. The van der Waals surface area contributed by atoms with Crippen LogP contribution in [0.2, 0.25) is 0 Å². The van der Waals surface area contributed by atoms with Gasteiger partial charge in [0.1, 0.15) is 0 Å². The lowest BCUT2D eigenvalue weighted by molar-refractivity contribution is 0.121. The molecule has 0 bridgehead atoms. The van der Waals surface area contributed by atoms with E-state index in [9.17, 15) is 0 Å². The van der Waals surface area contributed by atoms with Crippen LogP contribution in [0.5, 0.6) is 0 Å². The fourth-order valence-corrected chi connectivity index (χ4v) is 2.70. The second-order valence-corrected chi connectivity index (χ2v) is 5.18. The van der Waals surface area contributed by atoms with Crippen molar-refractivity contribution < 1.29 is 4.74 Å². The largest absolute Gasteiger partial charge is 0.380 e. The Morgan fingerprint density at radius 3 is 3.00 bits per heavy atom. The Kier molecular flexibility index (Phi) is 5.70. The molecule has 0 aliphatic carbocycles. The van der Waals surface area contributed by atoms with Crippen LogP contribution in [0, 0.1) is 0 Å². The number of ether oxygens (including phenoxy) is 1. The molecule has 0 spiro atoms. The predicted octanol–water partition coefficient (Wildman–Crippen LogP) is 2.81. The first-order valence-electron chi connectivity index (χ1n) is 4.78. The summed E-state index contributed by atoms with van der Waals surface area (Å²) in [7, 11) is 0. The molecule has 0 aliphatic rings. The minimum atomic E-state index is 0.118. The number of hydrogen-bond donors (Lipinski definition) is 1. The molecule has 0 amide bonds. The van der Waals surface area contributed by atoms with E-state index in [0.29, 0.717) is 6.61 Å². The van der Waals surface area contributed by atoms with Crippen LogP contribution in [0.4, 0.5) is 0 Å². The predicted molar refractivity (Wildman–Crippen MR) is 64.8 cm³/mol. The van der Waals surface area contributed by atoms with Gasteiger partial charge in [-0.1, -0.05) is 6.92 Å². The van der Waals surface area contributed by atoms with Gasteiger partial charge in [-0.05, 0) is 34.8 Å². The van der Waals surface area contributed by atoms with Crippen LogP contribution in [-0.2, 0) is 11.2 Å². The van der Waals surface area contributed by atoms with Gasteiger partial charge < -0.3 is 10.5 Å². The molecule has 0 fully saturated rings. The highest BCUT2D eigenvalue weighted by Crippen LogP contribution is 2.20. The molecule has 4 heteroatoms. The van der Waals surface area contributed by atoms with Gasteiger partial charge in [-0.3, -0.25) is 0 Å². The third-order valence-electron chi connectivity index (χ3n) is 1.77. The smallest absolute Gasteiger partial charge is 0.0621 e. The first-order valence-corrected chi connectivity index (χ1v) is 6.46. The van der Waals surface area contributed by atoms with Gasteiger partial charge in [-0.25, -0.2) is 0 Å². The summed E-state index contributed by atoms with van der Waals surface area (Å²) in [6.45, 7) is 3.56. The highest BCUT2D eigenvalue weighted by atomic mass is 79.9. The fraction of sp³-hybridized carbons (Fsp3) is 0.600. The van der Waals surface area contributed by atoms with E-state index in [1.807, 2.05) is 0 Å². The number of hydrogen-bond acceptors (Lipinski definition) is 3. The molecule has 0 saturated heterocycles. The number of thiophene rings is 1. The third kappa shape index (κ3) is 4.55. The van der Waals surface area contributed by atoms with E-state index in [1.54, 1.807) is 11.3 Å². The molecule has 2 nitrogen and oxygen atoms in total. The molecule has 1 unspecified atom stereocenters. The van der Waals surface area contributed by atoms with E-state index in [1.165, 1.54) is 4.88 Å². The van der Waals surface area contributed by atoms with Crippen LogP contribution in [0.1, 0.15) is 18.2 Å². The van der Waals surface area contributed by atoms with Gasteiger partial charge in [-0.2, -0.15) is 0 Å². The quantitative estimate of drug-likeness (QED) is 0.812. The summed E-state index contributed by atoms with van der Waals surface area (Å²) in [4.78, 5) is 1.31. The van der Waals surface area contributed by atoms with Crippen molar-refractivity contribution in [1.82, 2.24) is 0 Å². The first-order chi connectivity index (χ1) is 6.72. The van der Waals surface area contributed by atoms with E-state index in [0.717, 1.165) is 23.9 Å². The number of nitrogens with two attached hydrogens (primary N) is 1. The molecular weight excluding hydrogens is 262 g/mol. The average Bonchev–Trinajstić information content (AvgIpc) is 2.52. The van der Waals surface area contributed by atoms with E-state index in [-0.39, 0.29) is 6.04 Å². The summed E-state index contributed by atoms with van der Waals surface area (Å²) >= 11 is 5.16.